The van der Waals surface area contributed by atoms with Crippen LogP contribution in [0.4, 0.5) is 5.69 Å². The summed E-state index contributed by atoms with van der Waals surface area (Å²) in [5.74, 6) is 0.684. The quantitative estimate of drug-likeness (QED) is 0.535. The summed E-state index contributed by atoms with van der Waals surface area (Å²) in [6, 6.07) is 15.8. The van der Waals surface area contributed by atoms with Crippen LogP contribution in [0.25, 0.3) is 0 Å². The molecule has 170 valence electrons. The Balaban J connectivity index is 1.63. The van der Waals surface area contributed by atoms with Gasteiger partial charge in [0, 0.05) is 12.0 Å². The number of rotatable bonds is 6. The van der Waals surface area contributed by atoms with E-state index in [1.165, 1.54) is 25.7 Å². The Labute approximate surface area is 195 Å². The molecule has 6 heteroatoms. The number of nitrogens with one attached hydrogen (secondary N) is 1. The molecule has 32 heavy (non-hydrogen) atoms. The molecule has 2 atom stereocenters. The second kappa shape index (κ2) is 10.4. The minimum Gasteiger partial charge on any atom is -0.494 e. The molecule has 1 aliphatic carbocycles. The Kier molecular flexibility index (Phi) is 7.36. The molecule has 4 rings (SSSR count). The van der Waals surface area contributed by atoms with Gasteiger partial charge in [-0.2, -0.15) is 5.10 Å². The third kappa shape index (κ3) is 4.93. The number of amides is 1. The highest BCUT2D eigenvalue weighted by Gasteiger charge is 2.40. The number of hydrazone groups is 1. The number of hydrogen-bond donors (Lipinski definition) is 1. The molecule has 0 aromatic heterocycles. The molecule has 2 aromatic rings. The van der Waals surface area contributed by atoms with Gasteiger partial charge >= 0.3 is 0 Å². The van der Waals surface area contributed by atoms with E-state index in [1.807, 2.05) is 48.3 Å². The number of carbonyl (C=O) groups excluding carboxylic acids is 1. The monoisotopic (exact) mass is 453 g/mol. The summed E-state index contributed by atoms with van der Waals surface area (Å²) >= 11 is 6.54. The first-order valence-electron chi connectivity index (χ1n) is 11.7. The summed E-state index contributed by atoms with van der Waals surface area (Å²) in [5, 5.41) is 10.6. The van der Waals surface area contributed by atoms with Gasteiger partial charge in [-0.25, -0.2) is 0 Å². The van der Waals surface area contributed by atoms with E-state index in [0.717, 1.165) is 29.8 Å². The number of anilines is 1. The maximum atomic E-state index is 13.3. The average Bonchev–Trinajstić information content (AvgIpc) is 2.95. The fourth-order valence-electron chi connectivity index (χ4n) is 4.76. The maximum absolute atomic E-state index is 13.3. The van der Waals surface area contributed by atoms with Crippen molar-refractivity contribution >= 4 is 28.9 Å². The van der Waals surface area contributed by atoms with Gasteiger partial charge in [-0.05, 0) is 49.6 Å². The van der Waals surface area contributed by atoms with Crippen molar-refractivity contribution in [1.82, 2.24) is 5.32 Å². The molecule has 1 amide bonds. The van der Waals surface area contributed by atoms with Crippen molar-refractivity contribution in [3.05, 3.63) is 59.1 Å². The molecule has 0 unspecified atom stereocenters. The number of nitrogens with zero attached hydrogens (tertiary/aromatic N) is 2. The van der Waals surface area contributed by atoms with E-state index in [2.05, 4.69) is 24.4 Å². The number of carbonyl (C=O) groups is 1. The van der Waals surface area contributed by atoms with Crippen LogP contribution in [-0.2, 0) is 4.79 Å². The third-order valence-electron chi connectivity index (χ3n) is 6.44. The van der Waals surface area contributed by atoms with Crippen LogP contribution < -0.4 is 15.1 Å². The average molecular weight is 454 g/mol. The van der Waals surface area contributed by atoms with E-state index >= 15 is 0 Å². The van der Waals surface area contributed by atoms with Crippen molar-refractivity contribution in [2.45, 2.75) is 64.5 Å². The van der Waals surface area contributed by atoms with Crippen LogP contribution in [0.1, 0.15) is 64.0 Å². The fourth-order valence-corrected chi connectivity index (χ4v) is 4.99. The van der Waals surface area contributed by atoms with Crippen LogP contribution in [-0.4, -0.2) is 24.3 Å². The normalized spacial score (nSPS) is 21.7. The van der Waals surface area contributed by atoms with Crippen molar-refractivity contribution in [3.63, 3.8) is 0 Å². The molecule has 1 fully saturated rings. The largest absolute Gasteiger partial charge is 0.494 e. The molecule has 0 saturated heterocycles. The van der Waals surface area contributed by atoms with Crippen LogP contribution in [0.15, 0.2) is 53.6 Å². The lowest BCUT2D eigenvalue weighted by Crippen LogP contribution is -2.40. The molecule has 2 aromatic carbocycles. The Hall–Kier alpha value is -2.53. The van der Waals surface area contributed by atoms with Crippen molar-refractivity contribution < 1.29 is 9.53 Å². The number of ether oxygens (including phenoxy) is 1. The van der Waals surface area contributed by atoms with E-state index in [-0.39, 0.29) is 23.9 Å². The molecule has 1 heterocycles. The highest BCUT2D eigenvalue weighted by atomic mass is 35.5. The molecule has 0 spiro atoms. The van der Waals surface area contributed by atoms with Crippen LogP contribution in [0, 0.1) is 5.92 Å². The predicted molar refractivity (Wildman–Crippen MR) is 131 cm³/mol. The first-order chi connectivity index (χ1) is 15.6. The first kappa shape index (κ1) is 22.7. The molecular weight excluding hydrogens is 422 g/mol. The number of benzene rings is 2. The molecule has 1 aliphatic heterocycles. The summed E-state index contributed by atoms with van der Waals surface area (Å²) in [7, 11) is 0. The van der Waals surface area contributed by atoms with Gasteiger partial charge in [-0.1, -0.05) is 68.5 Å². The zero-order valence-corrected chi connectivity index (χ0v) is 19.6. The Morgan fingerprint density at radius 1 is 1.09 bits per heavy atom. The second-order valence-corrected chi connectivity index (χ2v) is 9.09. The van der Waals surface area contributed by atoms with Gasteiger partial charge in [-0.15, -0.1) is 0 Å². The standard InChI is InChI=1S/C26H32ClN3O2/c1-3-32-21-16-14-19(15-17-21)25-18(2)24(26(31)28-20-10-6-4-5-7-11-20)29-30(25)23-13-9-8-12-22(23)27/h8-9,12-18,20,25H,3-7,10-11H2,1-2H3,(H,28,31)/t18-,25+/m0/s1. The second-order valence-electron chi connectivity index (χ2n) is 8.68. The van der Waals surface area contributed by atoms with Crippen LogP contribution in [0.5, 0.6) is 5.75 Å². The van der Waals surface area contributed by atoms with Gasteiger partial charge in [0.15, 0.2) is 0 Å². The lowest BCUT2D eigenvalue weighted by molar-refractivity contribution is -0.115. The van der Waals surface area contributed by atoms with Gasteiger partial charge < -0.3 is 10.1 Å². The van der Waals surface area contributed by atoms with Gasteiger partial charge in [0.2, 0.25) is 0 Å². The lowest BCUT2D eigenvalue weighted by atomic mass is 9.90. The van der Waals surface area contributed by atoms with Crippen LogP contribution >= 0.6 is 11.6 Å². The number of halogens is 1. The predicted octanol–water partition coefficient (Wildman–Crippen LogP) is 6.13. The minimum atomic E-state index is -0.125. The highest BCUT2D eigenvalue weighted by molar-refractivity contribution is 6.40. The first-order valence-corrected chi connectivity index (χ1v) is 12.1. The van der Waals surface area contributed by atoms with Crippen molar-refractivity contribution in [1.29, 1.82) is 0 Å². The van der Waals surface area contributed by atoms with E-state index in [1.54, 1.807) is 0 Å². The molecule has 5 nitrogen and oxygen atoms in total. The topological polar surface area (TPSA) is 53.9 Å². The Morgan fingerprint density at radius 3 is 2.44 bits per heavy atom. The Bertz CT molecular complexity index is 952. The Morgan fingerprint density at radius 2 is 1.78 bits per heavy atom. The summed E-state index contributed by atoms with van der Waals surface area (Å²) in [4.78, 5) is 13.3. The van der Waals surface area contributed by atoms with Gasteiger partial charge in [-0.3, -0.25) is 9.80 Å². The highest BCUT2D eigenvalue weighted by Crippen LogP contribution is 2.42. The van der Waals surface area contributed by atoms with E-state index in [0.29, 0.717) is 17.3 Å². The fraction of sp³-hybridized carbons (Fsp3) is 0.462. The van der Waals surface area contributed by atoms with Crippen molar-refractivity contribution in [2.75, 3.05) is 11.6 Å². The molecular formula is C26H32ClN3O2. The van der Waals surface area contributed by atoms with Crippen LogP contribution in [0.3, 0.4) is 0 Å². The molecule has 2 aliphatic rings. The smallest absolute Gasteiger partial charge is 0.268 e. The molecule has 0 bridgehead atoms. The minimum absolute atomic E-state index is 0.0603. The molecule has 0 radical (unpaired) electrons. The lowest BCUT2D eigenvalue weighted by Gasteiger charge is -2.27. The number of hydrogen-bond acceptors (Lipinski definition) is 4. The van der Waals surface area contributed by atoms with Gasteiger partial charge in [0.05, 0.1) is 23.4 Å². The van der Waals surface area contributed by atoms with E-state index in [9.17, 15) is 4.79 Å². The maximum Gasteiger partial charge on any atom is 0.268 e. The van der Waals surface area contributed by atoms with Gasteiger partial charge in [0.1, 0.15) is 11.5 Å². The van der Waals surface area contributed by atoms with Crippen molar-refractivity contribution in [3.8, 4) is 5.75 Å². The van der Waals surface area contributed by atoms with E-state index in [4.69, 9.17) is 21.4 Å². The molecule has 1 saturated carbocycles. The zero-order chi connectivity index (χ0) is 22.5. The zero-order valence-electron chi connectivity index (χ0n) is 18.9. The molecule has 1 N–H and O–H groups in total. The summed E-state index contributed by atoms with van der Waals surface area (Å²) in [5.41, 5.74) is 2.44. The summed E-state index contributed by atoms with van der Waals surface area (Å²) in [6.07, 6.45) is 6.95. The van der Waals surface area contributed by atoms with Crippen molar-refractivity contribution in [2.24, 2.45) is 11.0 Å². The van der Waals surface area contributed by atoms with E-state index < -0.39 is 0 Å². The van der Waals surface area contributed by atoms with Gasteiger partial charge in [0.25, 0.3) is 5.91 Å². The summed E-state index contributed by atoms with van der Waals surface area (Å²) in [6.45, 7) is 4.67. The summed E-state index contributed by atoms with van der Waals surface area (Å²) < 4.78 is 5.61. The number of para-hydroxylation sites is 1. The SMILES string of the molecule is CCOc1ccc([C@H]2[C@@H](C)C(C(=O)NC3CCCCCC3)=NN2c2ccccc2Cl)cc1. The third-order valence-corrected chi connectivity index (χ3v) is 6.76. The van der Waals surface area contributed by atoms with Crippen LogP contribution in [0.2, 0.25) is 5.02 Å².